The van der Waals surface area contributed by atoms with Crippen LogP contribution in [0.5, 0.6) is 0 Å². The van der Waals surface area contributed by atoms with Crippen LogP contribution in [-0.2, 0) is 0 Å². The lowest BCUT2D eigenvalue weighted by Crippen LogP contribution is -2.39. The molecule has 2 heterocycles. The average Bonchev–Trinajstić information content (AvgIpc) is 2.84. The summed E-state index contributed by atoms with van der Waals surface area (Å²) in [5.41, 5.74) is 11.6. The molecule has 94 valence electrons. The van der Waals surface area contributed by atoms with E-state index in [9.17, 15) is 0 Å². The Morgan fingerprint density at radius 2 is 1.89 bits per heavy atom. The molecule has 2 N–H and O–H groups in total. The maximum absolute atomic E-state index is 6.35. The minimum Gasteiger partial charge on any atom is -0.397 e. The van der Waals surface area contributed by atoms with Crippen molar-refractivity contribution in [3.05, 3.63) is 71.3 Å². The van der Waals surface area contributed by atoms with Gasteiger partial charge in [0.05, 0.1) is 29.1 Å². The zero-order valence-electron chi connectivity index (χ0n) is 10.7. The van der Waals surface area contributed by atoms with Crippen LogP contribution in [-0.4, -0.2) is 23.7 Å². The van der Waals surface area contributed by atoms with E-state index in [0.29, 0.717) is 0 Å². The number of hydrogen-bond donors (Lipinski definition) is 1. The van der Waals surface area contributed by atoms with E-state index in [2.05, 4.69) is 48.4 Å². The first-order valence-electron chi connectivity index (χ1n) is 6.52. The lowest BCUT2D eigenvalue weighted by molar-refractivity contribution is 0.361. The van der Waals surface area contributed by atoms with Gasteiger partial charge in [-0.05, 0) is 6.08 Å². The Morgan fingerprint density at radius 1 is 1.11 bits per heavy atom. The summed E-state index contributed by atoms with van der Waals surface area (Å²) in [6.45, 7) is 0. The monoisotopic (exact) mass is 249 g/mol. The van der Waals surface area contributed by atoms with Gasteiger partial charge in [-0.2, -0.15) is 0 Å². The molecule has 2 aliphatic carbocycles. The van der Waals surface area contributed by atoms with Crippen LogP contribution in [0, 0.1) is 5.92 Å². The van der Waals surface area contributed by atoms with E-state index in [4.69, 9.17) is 10.7 Å². The van der Waals surface area contributed by atoms with E-state index in [1.54, 1.807) is 0 Å². The molecule has 2 unspecified atom stereocenters. The van der Waals surface area contributed by atoms with Crippen molar-refractivity contribution in [1.29, 1.82) is 0 Å². The van der Waals surface area contributed by atoms with Crippen molar-refractivity contribution in [3.8, 4) is 0 Å². The highest BCUT2D eigenvalue weighted by molar-refractivity contribution is 6.04. The van der Waals surface area contributed by atoms with Crippen molar-refractivity contribution >= 4 is 5.71 Å². The van der Waals surface area contributed by atoms with Gasteiger partial charge < -0.3 is 10.6 Å². The van der Waals surface area contributed by atoms with Crippen molar-refractivity contribution in [1.82, 2.24) is 4.90 Å². The first-order valence-corrected chi connectivity index (χ1v) is 6.52. The molecule has 0 fully saturated rings. The van der Waals surface area contributed by atoms with Crippen LogP contribution in [0.15, 0.2) is 76.3 Å². The molecular formula is C16H15N3. The fraction of sp³-hybridized carbons (Fsp3) is 0.188. The maximum Gasteiger partial charge on any atom is 0.107 e. The summed E-state index contributed by atoms with van der Waals surface area (Å²) in [4.78, 5) is 7.03. The van der Waals surface area contributed by atoms with Crippen LogP contribution >= 0.6 is 0 Å². The Kier molecular flexibility index (Phi) is 2.01. The molecule has 0 saturated carbocycles. The molecule has 4 aliphatic rings. The number of aliphatic imine (C=N–C) groups is 1. The van der Waals surface area contributed by atoms with Gasteiger partial charge in [0.15, 0.2) is 0 Å². The number of nitrogens with zero attached hydrogens (tertiary/aromatic N) is 2. The highest BCUT2D eigenvalue weighted by Crippen LogP contribution is 2.41. The van der Waals surface area contributed by atoms with Crippen LogP contribution in [0.2, 0.25) is 0 Å². The molecule has 0 radical (unpaired) electrons. The largest absolute Gasteiger partial charge is 0.397 e. The molecule has 19 heavy (non-hydrogen) atoms. The lowest BCUT2D eigenvalue weighted by atomic mass is 9.88. The molecule has 0 aromatic carbocycles. The average molecular weight is 249 g/mol. The zero-order valence-corrected chi connectivity index (χ0v) is 10.7. The van der Waals surface area contributed by atoms with Crippen LogP contribution in [0.1, 0.15) is 0 Å². The molecule has 0 spiro atoms. The van der Waals surface area contributed by atoms with Crippen molar-refractivity contribution < 1.29 is 0 Å². The molecule has 2 aliphatic heterocycles. The molecule has 3 heteroatoms. The minimum absolute atomic E-state index is 0.234. The Morgan fingerprint density at radius 3 is 2.79 bits per heavy atom. The van der Waals surface area contributed by atoms with Gasteiger partial charge in [-0.25, -0.2) is 4.99 Å². The van der Waals surface area contributed by atoms with E-state index in [0.717, 1.165) is 22.7 Å². The number of allylic oxidation sites excluding steroid dienone is 6. The number of fused-ring (bicyclic) bond motifs is 3. The molecule has 0 aromatic heterocycles. The summed E-state index contributed by atoms with van der Waals surface area (Å²) in [5.74, 6) is 0.254. The van der Waals surface area contributed by atoms with Gasteiger partial charge in [0.1, 0.15) is 5.70 Å². The van der Waals surface area contributed by atoms with Crippen LogP contribution < -0.4 is 5.73 Å². The smallest absolute Gasteiger partial charge is 0.107 e. The van der Waals surface area contributed by atoms with Crippen molar-refractivity contribution in [2.24, 2.45) is 16.6 Å². The van der Waals surface area contributed by atoms with Gasteiger partial charge in [-0.3, -0.25) is 0 Å². The molecule has 0 bridgehead atoms. The van der Waals surface area contributed by atoms with Crippen molar-refractivity contribution in [3.63, 3.8) is 0 Å². The van der Waals surface area contributed by atoms with E-state index in [-0.39, 0.29) is 12.0 Å². The summed E-state index contributed by atoms with van der Waals surface area (Å²) >= 11 is 0. The van der Waals surface area contributed by atoms with Gasteiger partial charge in [-0.1, -0.05) is 42.5 Å². The van der Waals surface area contributed by atoms with Gasteiger partial charge in [-0.15, -0.1) is 0 Å². The fourth-order valence-corrected chi connectivity index (χ4v) is 3.19. The second-order valence-electron chi connectivity index (χ2n) is 5.16. The molecule has 4 rings (SSSR count). The summed E-state index contributed by atoms with van der Waals surface area (Å²) in [5, 5.41) is 0. The highest BCUT2D eigenvalue weighted by Gasteiger charge is 2.38. The SMILES string of the molecule is CN1C2=C(N=C3C=CC=CC32)C(N)=C2C=CC=CC21. The minimum atomic E-state index is 0.234. The Bertz CT molecular complexity index is 668. The van der Waals surface area contributed by atoms with E-state index in [1.807, 2.05) is 12.2 Å². The van der Waals surface area contributed by atoms with Gasteiger partial charge >= 0.3 is 0 Å². The van der Waals surface area contributed by atoms with Crippen LogP contribution in [0.3, 0.4) is 0 Å². The quantitative estimate of drug-likeness (QED) is 0.714. The number of rotatable bonds is 0. The van der Waals surface area contributed by atoms with Crippen LogP contribution in [0.25, 0.3) is 0 Å². The zero-order chi connectivity index (χ0) is 13.0. The van der Waals surface area contributed by atoms with E-state index in [1.165, 1.54) is 5.70 Å². The predicted molar refractivity (Wildman–Crippen MR) is 77.3 cm³/mol. The van der Waals surface area contributed by atoms with Gasteiger partial charge in [0, 0.05) is 12.6 Å². The van der Waals surface area contributed by atoms with E-state index >= 15 is 0 Å². The third-order valence-corrected chi connectivity index (χ3v) is 4.14. The summed E-state index contributed by atoms with van der Waals surface area (Å²) < 4.78 is 0. The number of likely N-dealkylation sites (N-methyl/N-ethyl adjacent to an activating group) is 1. The fourth-order valence-electron chi connectivity index (χ4n) is 3.19. The highest BCUT2D eigenvalue weighted by atomic mass is 15.2. The first kappa shape index (κ1) is 10.6. The summed E-state index contributed by atoms with van der Waals surface area (Å²) in [6.07, 6.45) is 16.8. The first-order chi connectivity index (χ1) is 9.27. The van der Waals surface area contributed by atoms with Crippen LogP contribution in [0.4, 0.5) is 0 Å². The topological polar surface area (TPSA) is 41.6 Å². The molecule has 0 amide bonds. The summed E-state index contributed by atoms with van der Waals surface area (Å²) in [7, 11) is 2.13. The Labute approximate surface area is 112 Å². The normalized spacial score (nSPS) is 30.6. The molecular weight excluding hydrogens is 234 g/mol. The third kappa shape index (κ3) is 1.30. The summed E-state index contributed by atoms with van der Waals surface area (Å²) in [6, 6.07) is 0.234. The second-order valence-corrected chi connectivity index (χ2v) is 5.16. The molecule has 0 aromatic rings. The third-order valence-electron chi connectivity index (χ3n) is 4.14. The van der Waals surface area contributed by atoms with Crippen molar-refractivity contribution in [2.45, 2.75) is 6.04 Å². The number of nitrogens with two attached hydrogens (primary N) is 1. The van der Waals surface area contributed by atoms with Gasteiger partial charge in [0.25, 0.3) is 0 Å². The van der Waals surface area contributed by atoms with Crippen molar-refractivity contribution in [2.75, 3.05) is 7.05 Å². The second kappa shape index (κ2) is 3.60. The predicted octanol–water partition coefficient (Wildman–Crippen LogP) is 2.05. The standard InChI is InChI=1S/C16H15N3/c1-19-13-9-5-3-7-11(13)14(17)15-16(19)10-6-2-4-8-12(10)18-15/h2-10,13H,17H2,1H3. The lowest BCUT2D eigenvalue weighted by Gasteiger charge is -2.37. The maximum atomic E-state index is 6.35. The van der Waals surface area contributed by atoms with E-state index < -0.39 is 0 Å². The number of hydrogen-bond acceptors (Lipinski definition) is 3. The Balaban J connectivity index is 1.91. The Hall–Kier alpha value is -2.29. The molecule has 2 atom stereocenters. The molecule has 3 nitrogen and oxygen atoms in total. The van der Waals surface area contributed by atoms with Gasteiger partial charge in [0.2, 0.25) is 0 Å². The molecule has 0 saturated heterocycles.